The van der Waals surface area contributed by atoms with Crippen molar-refractivity contribution in [3.8, 4) is 5.75 Å². The molecule has 0 atom stereocenters. The smallest absolute Gasteiger partial charge is 0.322 e. The molecule has 0 spiro atoms. The van der Waals surface area contributed by atoms with Crippen LogP contribution in [0.15, 0.2) is 28.8 Å². The molecule has 0 aliphatic heterocycles. The number of anilines is 1. The highest BCUT2D eigenvalue weighted by Gasteiger charge is 2.14. The normalized spacial score (nSPS) is 10.3. The van der Waals surface area contributed by atoms with Crippen LogP contribution in [0.2, 0.25) is 0 Å². The summed E-state index contributed by atoms with van der Waals surface area (Å²) in [7, 11) is 3.27. The van der Waals surface area contributed by atoms with Gasteiger partial charge in [0.05, 0.1) is 19.3 Å². The Balaban J connectivity index is 2.05. The molecule has 1 aromatic carbocycles. The summed E-state index contributed by atoms with van der Waals surface area (Å²) < 4.78 is 10.2. The lowest BCUT2D eigenvalue weighted by atomic mass is 10.2. The van der Waals surface area contributed by atoms with Gasteiger partial charge in [-0.15, -0.1) is 0 Å². The number of nitrogens with one attached hydrogen (secondary N) is 1. The van der Waals surface area contributed by atoms with Gasteiger partial charge in [-0.3, -0.25) is 0 Å². The summed E-state index contributed by atoms with van der Waals surface area (Å²) in [5, 5.41) is 6.70. The molecule has 6 heteroatoms. The molecule has 2 amide bonds. The van der Waals surface area contributed by atoms with Crippen LogP contribution in [0.4, 0.5) is 10.5 Å². The first-order chi connectivity index (χ1) is 9.99. The predicted octanol–water partition coefficient (Wildman–Crippen LogP) is 2.96. The Morgan fingerprint density at radius 2 is 2.14 bits per heavy atom. The average molecular weight is 289 g/mol. The van der Waals surface area contributed by atoms with Crippen LogP contribution in [-0.2, 0) is 6.54 Å². The molecule has 0 fully saturated rings. The summed E-state index contributed by atoms with van der Waals surface area (Å²) in [5.41, 5.74) is 2.40. The van der Waals surface area contributed by atoms with Crippen molar-refractivity contribution >= 4 is 11.7 Å². The van der Waals surface area contributed by atoms with E-state index in [0.29, 0.717) is 23.7 Å². The summed E-state index contributed by atoms with van der Waals surface area (Å²) in [5.74, 6) is 1.35. The third-order valence-electron chi connectivity index (χ3n) is 3.02. The van der Waals surface area contributed by atoms with Crippen LogP contribution in [-0.4, -0.2) is 30.2 Å². The van der Waals surface area contributed by atoms with Crippen molar-refractivity contribution in [2.24, 2.45) is 0 Å². The summed E-state index contributed by atoms with van der Waals surface area (Å²) in [6.07, 6.45) is 0. The Labute approximate surface area is 123 Å². The standard InChI is InChI=1S/C15H19N3O3/c1-10-5-6-14(20-4)13(7-10)16-15(19)18(3)9-12-8-11(2)21-17-12/h5-8H,9H2,1-4H3,(H,16,19). The first kappa shape index (κ1) is 14.9. The van der Waals surface area contributed by atoms with E-state index < -0.39 is 0 Å². The third-order valence-corrected chi connectivity index (χ3v) is 3.02. The number of ether oxygens (including phenoxy) is 1. The maximum atomic E-state index is 12.2. The topological polar surface area (TPSA) is 67.6 Å². The van der Waals surface area contributed by atoms with Gasteiger partial charge in [-0.25, -0.2) is 4.79 Å². The van der Waals surface area contributed by atoms with E-state index in [1.165, 1.54) is 4.90 Å². The van der Waals surface area contributed by atoms with E-state index in [1.807, 2.05) is 32.0 Å². The van der Waals surface area contributed by atoms with Crippen LogP contribution in [0.25, 0.3) is 0 Å². The highest BCUT2D eigenvalue weighted by atomic mass is 16.5. The van der Waals surface area contributed by atoms with Gasteiger partial charge < -0.3 is 19.5 Å². The fourth-order valence-corrected chi connectivity index (χ4v) is 1.94. The first-order valence-electron chi connectivity index (χ1n) is 6.58. The molecular formula is C15H19N3O3. The van der Waals surface area contributed by atoms with Gasteiger partial charge in [0.25, 0.3) is 0 Å². The molecule has 1 heterocycles. The van der Waals surface area contributed by atoms with E-state index in [-0.39, 0.29) is 6.03 Å². The van der Waals surface area contributed by atoms with Crippen molar-refractivity contribution in [2.45, 2.75) is 20.4 Å². The summed E-state index contributed by atoms with van der Waals surface area (Å²) in [6, 6.07) is 7.18. The third kappa shape index (κ3) is 3.75. The minimum atomic E-state index is -0.237. The molecule has 21 heavy (non-hydrogen) atoms. The Hall–Kier alpha value is -2.50. The van der Waals surface area contributed by atoms with Crippen molar-refractivity contribution in [1.82, 2.24) is 10.1 Å². The fourth-order valence-electron chi connectivity index (χ4n) is 1.94. The molecule has 2 rings (SSSR count). The van der Waals surface area contributed by atoms with Crippen LogP contribution in [0.1, 0.15) is 17.0 Å². The number of rotatable bonds is 4. The second-order valence-corrected chi connectivity index (χ2v) is 4.92. The Bertz CT molecular complexity index is 637. The van der Waals surface area contributed by atoms with E-state index in [0.717, 1.165) is 11.3 Å². The fraction of sp³-hybridized carbons (Fsp3) is 0.333. The average Bonchev–Trinajstić information content (AvgIpc) is 2.84. The largest absolute Gasteiger partial charge is 0.495 e. The molecule has 1 aromatic heterocycles. The number of benzene rings is 1. The zero-order valence-corrected chi connectivity index (χ0v) is 12.6. The number of amides is 2. The van der Waals surface area contributed by atoms with Gasteiger partial charge >= 0.3 is 6.03 Å². The van der Waals surface area contributed by atoms with Crippen LogP contribution >= 0.6 is 0 Å². The zero-order valence-electron chi connectivity index (χ0n) is 12.6. The van der Waals surface area contributed by atoms with Crippen LogP contribution in [0.3, 0.4) is 0 Å². The number of carbonyl (C=O) groups is 1. The molecule has 0 bridgehead atoms. The molecule has 0 aliphatic carbocycles. The Kier molecular flexibility index (Phi) is 4.47. The molecule has 6 nitrogen and oxygen atoms in total. The molecule has 0 saturated carbocycles. The highest BCUT2D eigenvalue weighted by molar-refractivity contribution is 5.90. The van der Waals surface area contributed by atoms with Gasteiger partial charge in [0.1, 0.15) is 17.2 Å². The SMILES string of the molecule is COc1ccc(C)cc1NC(=O)N(C)Cc1cc(C)on1. The molecule has 0 unspecified atom stereocenters. The molecule has 2 aromatic rings. The van der Waals surface area contributed by atoms with E-state index in [4.69, 9.17) is 9.26 Å². The lowest BCUT2D eigenvalue weighted by molar-refractivity contribution is 0.219. The second-order valence-electron chi connectivity index (χ2n) is 4.92. The molecule has 1 N–H and O–H groups in total. The zero-order chi connectivity index (χ0) is 15.4. The number of methoxy groups -OCH3 is 1. The highest BCUT2D eigenvalue weighted by Crippen LogP contribution is 2.25. The minimum Gasteiger partial charge on any atom is -0.495 e. The van der Waals surface area contributed by atoms with E-state index in [2.05, 4.69) is 10.5 Å². The van der Waals surface area contributed by atoms with Gasteiger partial charge in [0.15, 0.2) is 0 Å². The van der Waals surface area contributed by atoms with Crippen molar-refractivity contribution in [2.75, 3.05) is 19.5 Å². The lowest BCUT2D eigenvalue weighted by Gasteiger charge is -2.18. The monoisotopic (exact) mass is 289 g/mol. The quantitative estimate of drug-likeness (QED) is 0.939. The molecular weight excluding hydrogens is 270 g/mol. The maximum absolute atomic E-state index is 12.2. The van der Waals surface area contributed by atoms with Gasteiger partial charge in [-0.05, 0) is 31.5 Å². The number of nitrogens with zero attached hydrogens (tertiary/aromatic N) is 2. The van der Waals surface area contributed by atoms with E-state index in [9.17, 15) is 4.79 Å². The van der Waals surface area contributed by atoms with E-state index in [1.54, 1.807) is 20.2 Å². The first-order valence-corrected chi connectivity index (χ1v) is 6.58. The minimum absolute atomic E-state index is 0.237. The number of aryl methyl sites for hydroxylation is 2. The number of urea groups is 1. The Morgan fingerprint density at radius 1 is 1.38 bits per heavy atom. The Morgan fingerprint density at radius 3 is 2.76 bits per heavy atom. The van der Waals surface area contributed by atoms with Gasteiger partial charge in [-0.2, -0.15) is 0 Å². The number of hydrogen-bond donors (Lipinski definition) is 1. The molecule has 0 radical (unpaired) electrons. The predicted molar refractivity (Wildman–Crippen MR) is 79.5 cm³/mol. The van der Waals surface area contributed by atoms with Crippen molar-refractivity contribution in [1.29, 1.82) is 0 Å². The van der Waals surface area contributed by atoms with E-state index >= 15 is 0 Å². The maximum Gasteiger partial charge on any atom is 0.322 e. The van der Waals surface area contributed by atoms with Gasteiger partial charge in [0, 0.05) is 13.1 Å². The number of hydrogen-bond acceptors (Lipinski definition) is 4. The lowest BCUT2D eigenvalue weighted by Crippen LogP contribution is -2.31. The van der Waals surface area contributed by atoms with Crippen LogP contribution < -0.4 is 10.1 Å². The van der Waals surface area contributed by atoms with Crippen molar-refractivity contribution in [3.05, 3.63) is 41.3 Å². The number of aromatic nitrogens is 1. The molecule has 0 saturated heterocycles. The second kappa shape index (κ2) is 6.30. The van der Waals surface area contributed by atoms with Crippen LogP contribution in [0.5, 0.6) is 5.75 Å². The molecule has 0 aliphatic rings. The van der Waals surface area contributed by atoms with Crippen molar-refractivity contribution in [3.63, 3.8) is 0 Å². The van der Waals surface area contributed by atoms with Crippen molar-refractivity contribution < 1.29 is 14.1 Å². The summed E-state index contributed by atoms with van der Waals surface area (Å²) >= 11 is 0. The summed E-state index contributed by atoms with van der Waals surface area (Å²) in [6.45, 7) is 4.14. The summed E-state index contributed by atoms with van der Waals surface area (Å²) in [4.78, 5) is 13.7. The van der Waals surface area contributed by atoms with Gasteiger partial charge in [-0.1, -0.05) is 11.2 Å². The number of carbonyl (C=O) groups excluding carboxylic acids is 1. The van der Waals surface area contributed by atoms with Gasteiger partial charge in [0.2, 0.25) is 0 Å². The molecule has 112 valence electrons. The van der Waals surface area contributed by atoms with Crippen LogP contribution in [0, 0.1) is 13.8 Å².